The molecule has 0 aliphatic carbocycles. The van der Waals surface area contributed by atoms with Crippen molar-refractivity contribution in [1.29, 1.82) is 0 Å². The van der Waals surface area contributed by atoms with E-state index in [9.17, 15) is 4.79 Å². The Kier molecular flexibility index (Phi) is 2.75. The number of benzene rings is 1. The maximum atomic E-state index is 11.8. The molecule has 1 heterocycles. The molecule has 1 aromatic carbocycles. The number of carbonyl (C=O) groups is 1. The molecule has 0 radical (unpaired) electrons. The highest BCUT2D eigenvalue weighted by Crippen LogP contribution is 2.22. The maximum absolute atomic E-state index is 11.8. The van der Waals surface area contributed by atoms with Gasteiger partial charge in [0.25, 0.3) is 5.91 Å². The van der Waals surface area contributed by atoms with Crippen LogP contribution in [0.5, 0.6) is 0 Å². The molecule has 0 aliphatic rings. The molecule has 3 nitrogen and oxygen atoms in total. The van der Waals surface area contributed by atoms with Gasteiger partial charge >= 0.3 is 0 Å². The highest BCUT2D eigenvalue weighted by atomic mass is 35.5. The Morgan fingerprint density at radius 3 is 2.67 bits per heavy atom. The molecule has 0 bridgehead atoms. The summed E-state index contributed by atoms with van der Waals surface area (Å²) < 4.78 is 1.37. The molecule has 2 rings (SSSR count). The van der Waals surface area contributed by atoms with Crippen molar-refractivity contribution in [3.63, 3.8) is 0 Å². The van der Waals surface area contributed by atoms with Gasteiger partial charge in [-0.2, -0.15) is 0 Å². The van der Waals surface area contributed by atoms with Gasteiger partial charge in [-0.3, -0.25) is 9.36 Å². The first-order valence-corrected chi connectivity index (χ1v) is 4.92. The topological polar surface area (TPSA) is 34.9 Å². The molecule has 2 aromatic rings. The molecule has 76 valence electrons. The zero-order chi connectivity index (χ0) is 10.8. The predicted octanol–water partition coefficient (Wildman–Crippen LogP) is 2.88. The van der Waals surface area contributed by atoms with Gasteiger partial charge in [-0.1, -0.05) is 23.2 Å². The zero-order valence-corrected chi connectivity index (χ0v) is 9.03. The van der Waals surface area contributed by atoms with Crippen molar-refractivity contribution in [2.45, 2.75) is 0 Å². The van der Waals surface area contributed by atoms with Gasteiger partial charge in [0, 0.05) is 18.0 Å². The Labute approximate surface area is 96.3 Å². The van der Waals surface area contributed by atoms with Crippen molar-refractivity contribution in [3.05, 3.63) is 52.5 Å². The van der Waals surface area contributed by atoms with Crippen LogP contribution in [0, 0.1) is 0 Å². The second-order valence-corrected chi connectivity index (χ2v) is 3.72. The van der Waals surface area contributed by atoms with E-state index < -0.39 is 0 Å². The monoisotopic (exact) mass is 240 g/mol. The number of nitrogens with zero attached hydrogens (tertiary/aromatic N) is 2. The van der Waals surface area contributed by atoms with Gasteiger partial charge < -0.3 is 0 Å². The van der Waals surface area contributed by atoms with Crippen LogP contribution in [0.4, 0.5) is 0 Å². The van der Waals surface area contributed by atoms with Crippen LogP contribution < -0.4 is 0 Å². The van der Waals surface area contributed by atoms with E-state index >= 15 is 0 Å². The molecule has 1 aromatic heterocycles. The third kappa shape index (κ3) is 2.03. The third-order valence-corrected chi connectivity index (χ3v) is 2.64. The second kappa shape index (κ2) is 4.04. The van der Waals surface area contributed by atoms with Gasteiger partial charge in [0.05, 0.1) is 10.0 Å². The third-order valence-electron chi connectivity index (χ3n) is 1.91. The van der Waals surface area contributed by atoms with Crippen LogP contribution in [0.15, 0.2) is 36.9 Å². The summed E-state index contributed by atoms with van der Waals surface area (Å²) in [5.74, 6) is -0.189. The molecule has 0 N–H and O–H groups in total. The van der Waals surface area contributed by atoms with Gasteiger partial charge in [0.15, 0.2) is 0 Å². The molecule has 5 heteroatoms. The van der Waals surface area contributed by atoms with Crippen molar-refractivity contribution in [2.75, 3.05) is 0 Å². The number of aromatic nitrogens is 2. The molecule has 0 atom stereocenters. The number of hydrogen-bond donors (Lipinski definition) is 0. The molecule has 0 fully saturated rings. The average Bonchev–Trinajstić information content (AvgIpc) is 2.74. The molecule has 0 saturated carbocycles. The fraction of sp³-hybridized carbons (Fsp3) is 0. The largest absolute Gasteiger partial charge is 0.272 e. The van der Waals surface area contributed by atoms with Crippen molar-refractivity contribution < 1.29 is 4.79 Å². The highest BCUT2D eigenvalue weighted by molar-refractivity contribution is 6.42. The van der Waals surface area contributed by atoms with Crippen LogP contribution in [-0.4, -0.2) is 15.5 Å². The Morgan fingerprint density at radius 1 is 1.27 bits per heavy atom. The molecule has 0 aliphatic heterocycles. The first-order valence-electron chi connectivity index (χ1n) is 4.16. The Balaban J connectivity index is 2.39. The fourth-order valence-electron chi connectivity index (χ4n) is 1.16. The number of halogens is 2. The summed E-state index contributed by atoms with van der Waals surface area (Å²) in [6.45, 7) is 0. The lowest BCUT2D eigenvalue weighted by atomic mass is 10.2. The quantitative estimate of drug-likeness (QED) is 0.769. The lowest BCUT2D eigenvalue weighted by Crippen LogP contribution is -2.09. The number of hydrogen-bond acceptors (Lipinski definition) is 2. The Hall–Kier alpha value is -1.32. The number of imidazole rings is 1. The highest BCUT2D eigenvalue weighted by Gasteiger charge is 2.09. The predicted molar refractivity (Wildman–Crippen MR) is 58.4 cm³/mol. The van der Waals surface area contributed by atoms with Crippen LogP contribution in [0.25, 0.3) is 0 Å². The van der Waals surface area contributed by atoms with Crippen molar-refractivity contribution in [2.24, 2.45) is 0 Å². The van der Waals surface area contributed by atoms with Crippen molar-refractivity contribution in [1.82, 2.24) is 9.55 Å². The molecule has 0 spiro atoms. The van der Waals surface area contributed by atoms with Gasteiger partial charge in [0.2, 0.25) is 0 Å². The number of carbonyl (C=O) groups excluding carboxylic acids is 1. The summed E-state index contributed by atoms with van der Waals surface area (Å²) in [6.07, 6.45) is 4.55. The summed E-state index contributed by atoms with van der Waals surface area (Å²) in [5, 5.41) is 0.793. The smallest absolute Gasteiger partial charge is 0.263 e. The van der Waals surface area contributed by atoms with E-state index in [0.29, 0.717) is 15.6 Å². The van der Waals surface area contributed by atoms with Gasteiger partial charge in [-0.15, -0.1) is 0 Å². The Morgan fingerprint density at radius 2 is 2.07 bits per heavy atom. The Bertz CT molecular complexity index is 494. The molecule has 0 amide bonds. The molecule has 0 unspecified atom stereocenters. The minimum absolute atomic E-state index is 0.189. The van der Waals surface area contributed by atoms with E-state index in [4.69, 9.17) is 23.2 Å². The van der Waals surface area contributed by atoms with E-state index in [1.165, 1.54) is 23.2 Å². The summed E-state index contributed by atoms with van der Waals surface area (Å²) in [4.78, 5) is 15.6. The van der Waals surface area contributed by atoms with Crippen LogP contribution in [-0.2, 0) is 0 Å². The minimum Gasteiger partial charge on any atom is -0.272 e. The summed E-state index contributed by atoms with van der Waals surface area (Å²) in [7, 11) is 0. The fourth-order valence-corrected chi connectivity index (χ4v) is 1.46. The molecule has 15 heavy (non-hydrogen) atoms. The van der Waals surface area contributed by atoms with Crippen LogP contribution in [0.1, 0.15) is 10.4 Å². The second-order valence-electron chi connectivity index (χ2n) is 2.90. The molecular formula is C10H6Cl2N2O. The zero-order valence-electron chi connectivity index (χ0n) is 7.52. The summed E-state index contributed by atoms with van der Waals surface area (Å²) in [6, 6.07) is 4.75. The first kappa shape index (κ1) is 10.2. The van der Waals surface area contributed by atoms with Crippen LogP contribution in [0.3, 0.4) is 0 Å². The van der Waals surface area contributed by atoms with Crippen LogP contribution >= 0.6 is 23.2 Å². The minimum atomic E-state index is -0.189. The van der Waals surface area contributed by atoms with Gasteiger partial charge in [0.1, 0.15) is 6.33 Å². The SMILES string of the molecule is O=C(c1ccc(Cl)c(Cl)c1)n1ccnc1. The van der Waals surface area contributed by atoms with Gasteiger partial charge in [-0.25, -0.2) is 4.98 Å². The van der Waals surface area contributed by atoms with E-state index in [1.54, 1.807) is 18.3 Å². The molecule has 0 saturated heterocycles. The normalized spacial score (nSPS) is 10.3. The standard InChI is InChI=1S/C10H6Cl2N2O/c11-8-2-1-7(5-9(8)12)10(15)14-4-3-13-6-14/h1-6H. The lowest BCUT2D eigenvalue weighted by Gasteiger charge is -2.02. The molecular weight excluding hydrogens is 235 g/mol. The van der Waals surface area contributed by atoms with E-state index in [0.717, 1.165) is 0 Å². The first-order chi connectivity index (χ1) is 7.18. The lowest BCUT2D eigenvalue weighted by molar-refractivity contribution is 0.0960. The van der Waals surface area contributed by atoms with Gasteiger partial charge in [-0.05, 0) is 18.2 Å². The summed E-state index contributed by atoms with van der Waals surface area (Å²) >= 11 is 11.6. The van der Waals surface area contributed by atoms with E-state index in [2.05, 4.69) is 4.98 Å². The van der Waals surface area contributed by atoms with Crippen LogP contribution in [0.2, 0.25) is 10.0 Å². The van der Waals surface area contributed by atoms with Crippen molar-refractivity contribution >= 4 is 29.1 Å². The maximum Gasteiger partial charge on any atom is 0.263 e. The van der Waals surface area contributed by atoms with E-state index in [1.807, 2.05) is 0 Å². The number of rotatable bonds is 1. The van der Waals surface area contributed by atoms with E-state index in [-0.39, 0.29) is 5.91 Å². The van der Waals surface area contributed by atoms with Crippen molar-refractivity contribution in [3.8, 4) is 0 Å². The average molecular weight is 241 g/mol. The summed E-state index contributed by atoms with van der Waals surface area (Å²) in [5.41, 5.74) is 0.474.